The van der Waals surface area contributed by atoms with Gasteiger partial charge in [0.05, 0.1) is 5.71 Å². The maximum absolute atomic E-state index is 12.1. The Morgan fingerprint density at radius 3 is 2.33 bits per heavy atom. The van der Waals surface area contributed by atoms with Gasteiger partial charge in [-0.2, -0.15) is 0 Å². The number of rotatable bonds is 2. The lowest BCUT2D eigenvalue weighted by molar-refractivity contribution is -0.123. The van der Waals surface area contributed by atoms with Gasteiger partial charge in [0.25, 0.3) is 0 Å². The van der Waals surface area contributed by atoms with Crippen molar-refractivity contribution in [2.24, 2.45) is 17.0 Å². The molecule has 2 rings (SSSR count). The topological polar surface area (TPSA) is 49.7 Å². The maximum Gasteiger partial charge on any atom is 0.135 e. The molecule has 3 heteroatoms. The molecule has 0 heterocycles. The molecule has 1 N–H and O–H groups in total. The Hall–Kier alpha value is -0.860. The average molecular weight is 251 g/mol. The third kappa shape index (κ3) is 3.56. The maximum atomic E-state index is 12.1. The highest BCUT2D eigenvalue weighted by Crippen LogP contribution is 2.31. The summed E-state index contributed by atoms with van der Waals surface area (Å²) in [6.07, 6.45) is 11.8. The van der Waals surface area contributed by atoms with Crippen LogP contribution in [0, 0.1) is 11.8 Å². The van der Waals surface area contributed by atoms with Crippen LogP contribution in [0.25, 0.3) is 0 Å². The quantitative estimate of drug-likeness (QED) is 0.459. The molecule has 0 bridgehead atoms. The third-order valence-electron chi connectivity index (χ3n) is 4.59. The van der Waals surface area contributed by atoms with Crippen LogP contribution in [0.1, 0.15) is 70.6 Å². The summed E-state index contributed by atoms with van der Waals surface area (Å²) in [5, 5.41) is 12.6. The molecule has 2 fully saturated rings. The predicted octanol–water partition coefficient (Wildman–Crippen LogP) is 3.94. The minimum Gasteiger partial charge on any atom is -0.411 e. The van der Waals surface area contributed by atoms with Gasteiger partial charge in [0, 0.05) is 18.3 Å². The van der Waals surface area contributed by atoms with E-state index in [0.717, 1.165) is 50.7 Å². The van der Waals surface area contributed by atoms with Crippen LogP contribution in [0.5, 0.6) is 0 Å². The summed E-state index contributed by atoms with van der Waals surface area (Å²) in [6, 6.07) is 0. The predicted molar refractivity (Wildman–Crippen MR) is 72.0 cm³/mol. The first-order chi connectivity index (χ1) is 8.81. The lowest BCUT2D eigenvalue weighted by atomic mass is 9.83. The van der Waals surface area contributed by atoms with Crippen molar-refractivity contribution >= 4 is 11.5 Å². The van der Waals surface area contributed by atoms with Crippen molar-refractivity contribution in [3.8, 4) is 0 Å². The number of hydrogen-bond donors (Lipinski definition) is 1. The molecule has 0 saturated heterocycles. The van der Waals surface area contributed by atoms with Crippen LogP contribution in [0.15, 0.2) is 5.16 Å². The van der Waals surface area contributed by atoms with Gasteiger partial charge in [-0.1, -0.05) is 30.8 Å². The number of carbonyl (C=O) groups excluding carboxylic acids is 1. The largest absolute Gasteiger partial charge is 0.411 e. The van der Waals surface area contributed by atoms with Crippen molar-refractivity contribution < 1.29 is 10.0 Å². The van der Waals surface area contributed by atoms with E-state index in [9.17, 15) is 4.79 Å². The fourth-order valence-corrected chi connectivity index (χ4v) is 3.45. The minimum atomic E-state index is 0.229. The molecule has 3 nitrogen and oxygen atoms in total. The summed E-state index contributed by atoms with van der Waals surface area (Å²) in [7, 11) is 0. The first kappa shape index (κ1) is 13.6. The van der Waals surface area contributed by atoms with Gasteiger partial charge in [-0.15, -0.1) is 0 Å². The Morgan fingerprint density at radius 2 is 1.61 bits per heavy atom. The van der Waals surface area contributed by atoms with Gasteiger partial charge < -0.3 is 5.21 Å². The minimum absolute atomic E-state index is 0.229. The number of ketones is 1. The molecule has 2 saturated carbocycles. The van der Waals surface area contributed by atoms with E-state index in [1.54, 1.807) is 0 Å². The molecule has 2 unspecified atom stereocenters. The molecule has 2 aliphatic carbocycles. The van der Waals surface area contributed by atoms with E-state index < -0.39 is 0 Å². The van der Waals surface area contributed by atoms with Gasteiger partial charge in [0.15, 0.2) is 0 Å². The van der Waals surface area contributed by atoms with E-state index >= 15 is 0 Å². The van der Waals surface area contributed by atoms with Crippen molar-refractivity contribution in [3.63, 3.8) is 0 Å². The van der Waals surface area contributed by atoms with Crippen molar-refractivity contribution in [1.82, 2.24) is 0 Å². The first-order valence-corrected chi connectivity index (χ1v) is 7.55. The zero-order valence-corrected chi connectivity index (χ0v) is 11.2. The Kier molecular flexibility index (Phi) is 5.21. The number of Topliss-reactive ketones (excluding diaryl/α,β-unsaturated/α-hetero) is 1. The number of hydrogen-bond acceptors (Lipinski definition) is 3. The highest BCUT2D eigenvalue weighted by Gasteiger charge is 2.27. The third-order valence-corrected chi connectivity index (χ3v) is 4.59. The van der Waals surface area contributed by atoms with Crippen molar-refractivity contribution in [2.45, 2.75) is 70.6 Å². The fraction of sp³-hybridized carbons (Fsp3) is 0.867. The second kappa shape index (κ2) is 6.91. The van der Waals surface area contributed by atoms with Crippen molar-refractivity contribution in [2.75, 3.05) is 0 Å². The van der Waals surface area contributed by atoms with Gasteiger partial charge in [0.2, 0.25) is 0 Å². The Balaban J connectivity index is 1.98. The lowest BCUT2D eigenvalue weighted by Crippen LogP contribution is -2.22. The second-order valence-electron chi connectivity index (χ2n) is 5.89. The van der Waals surface area contributed by atoms with E-state index in [0.29, 0.717) is 11.7 Å². The molecule has 0 aliphatic heterocycles. The van der Waals surface area contributed by atoms with Crippen LogP contribution < -0.4 is 0 Å². The molecule has 0 aromatic carbocycles. The van der Waals surface area contributed by atoms with Gasteiger partial charge >= 0.3 is 0 Å². The van der Waals surface area contributed by atoms with Crippen LogP contribution in [-0.4, -0.2) is 16.7 Å². The monoisotopic (exact) mass is 251 g/mol. The van der Waals surface area contributed by atoms with E-state index in [1.165, 1.54) is 25.7 Å². The van der Waals surface area contributed by atoms with Gasteiger partial charge in [0.1, 0.15) is 5.78 Å². The van der Waals surface area contributed by atoms with E-state index in [1.807, 2.05) is 0 Å². The van der Waals surface area contributed by atoms with Gasteiger partial charge in [-0.05, 0) is 38.5 Å². The standard InChI is InChI=1S/C15H25NO2/c17-15-10-6-2-4-8-13(15)11-12-7-3-1-5-9-14(12)16-18/h12-13,18H,1-11H2. The molecule has 0 aromatic rings. The molecule has 2 atom stereocenters. The molecule has 2 aliphatic rings. The number of carbonyl (C=O) groups is 1. The van der Waals surface area contributed by atoms with Crippen LogP contribution >= 0.6 is 0 Å². The molecular weight excluding hydrogens is 226 g/mol. The van der Waals surface area contributed by atoms with Crippen LogP contribution in [0.2, 0.25) is 0 Å². The summed E-state index contributed by atoms with van der Waals surface area (Å²) in [6.45, 7) is 0. The van der Waals surface area contributed by atoms with Gasteiger partial charge in [-0.25, -0.2) is 0 Å². The average Bonchev–Trinajstić information content (AvgIpc) is 2.71. The highest BCUT2D eigenvalue weighted by molar-refractivity contribution is 5.87. The molecule has 18 heavy (non-hydrogen) atoms. The van der Waals surface area contributed by atoms with Crippen LogP contribution in [0.4, 0.5) is 0 Å². The second-order valence-corrected chi connectivity index (χ2v) is 5.89. The zero-order chi connectivity index (χ0) is 12.8. The highest BCUT2D eigenvalue weighted by atomic mass is 16.4. The summed E-state index contributed by atoms with van der Waals surface area (Å²) in [5.41, 5.74) is 0.949. The fourth-order valence-electron chi connectivity index (χ4n) is 3.45. The molecule has 102 valence electrons. The Morgan fingerprint density at radius 1 is 0.944 bits per heavy atom. The molecule has 0 radical (unpaired) electrons. The Labute approximate surface area is 110 Å². The number of nitrogens with zero attached hydrogens (tertiary/aromatic N) is 1. The van der Waals surface area contributed by atoms with E-state index in [4.69, 9.17) is 5.21 Å². The molecule has 0 spiro atoms. The normalized spacial score (nSPS) is 33.1. The Bertz CT molecular complexity index is 312. The van der Waals surface area contributed by atoms with E-state index in [-0.39, 0.29) is 5.92 Å². The van der Waals surface area contributed by atoms with Gasteiger partial charge in [-0.3, -0.25) is 4.79 Å². The van der Waals surface area contributed by atoms with Crippen LogP contribution in [0.3, 0.4) is 0 Å². The number of oxime groups is 1. The molecular formula is C15H25NO2. The summed E-state index contributed by atoms with van der Waals surface area (Å²) in [4.78, 5) is 12.1. The lowest BCUT2D eigenvalue weighted by Gasteiger charge is -2.21. The summed E-state index contributed by atoms with van der Waals surface area (Å²) < 4.78 is 0. The smallest absolute Gasteiger partial charge is 0.135 e. The van der Waals surface area contributed by atoms with Crippen LogP contribution in [-0.2, 0) is 4.79 Å². The molecule has 0 aromatic heterocycles. The zero-order valence-electron chi connectivity index (χ0n) is 11.2. The summed E-state index contributed by atoms with van der Waals surface area (Å²) in [5.74, 6) is 1.03. The SMILES string of the molecule is O=C1CCCCCC1CC1CCCCCC1=NO. The first-order valence-electron chi connectivity index (χ1n) is 7.55. The van der Waals surface area contributed by atoms with E-state index in [2.05, 4.69) is 5.16 Å². The summed E-state index contributed by atoms with van der Waals surface area (Å²) >= 11 is 0. The van der Waals surface area contributed by atoms with Crippen molar-refractivity contribution in [3.05, 3.63) is 0 Å². The molecule has 0 amide bonds. The van der Waals surface area contributed by atoms with Crippen molar-refractivity contribution in [1.29, 1.82) is 0 Å².